The first-order valence-corrected chi connectivity index (χ1v) is 11.5. The van der Waals surface area contributed by atoms with Crippen LogP contribution < -0.4 is 10.1 Å². The van der Waals surface area contributed by atoms with E-state index in [0.29, 0.717) is 13.1 Å². The van der Waals surface area contributed by atoms with E-state index in [4.69, 9.17) is 4.74 Å². The van der Waals surface area contributed by atoms with Crippen LogP contribution in [0.2, 0.25) is 0 Å². The van der Waals surface area contributed by atoms with Crippen LogP contribution in [0.15, 0.2) is 29.3 Å². The first-order valence-electron chi connectivity index (χ1n) is 11.5. The minimum absolute atomic E-state index is 0. The van der Waals surface area contributed by atoms with Crippen molar-refractivity contribution in [1.82, 2.24) is 20.0 Å². The van der Waals surface area contributed by atoms with Gasteiger partial charge in [0, 0.05) is 45.8 Å². The van der Waals surface area contributed by atoms with Crippen molar-refractivity contribution in [2.75, 3.05) is 66.0 Å². The third-order valence-corrected chi connectivity index (χ3v) is 5.99. The number of methoxy groups -OCH3 is 1. The van der Waals surface area contributed by atoms with Crippen molar-refractivity contribution in [3.05, 3.63) is 29.8 Å². The number of carbonyl (C=O) groups is 1. The maximum absolute atomic E-state index is 12.5. The molecule has 0 aromatic heterocycles. The highest BCUT2D eigenvalue weighted by molar-refractivity contribution is 14.0. The minimum atomic E-state index is -0.664. The Labute approximate surface area is 209 Å². The number of aliphatic imine (C=N–C) groups is 1. The maximum atomic E-state index is 12.5. The normalized spacial score (nSPS) is 18.7. The summed E-state index contributed by atoms with van der Waals surface area (Å²) in [5.41, 5.74) is 0.821. The van der Waals surface area contributed by atoms with E-state index in [1.807, 2.05) is 36.1 Å². The number of nitrogens with zero attached hydrogens (tertiary/aromatic N) is 4. The number of nitrogens with one attached hydrogen (secondary N) is 1. The number of aliphatic hydroxyl groups excluding tert-OH is 1. The SMILES string of the molecule is CCNC(=NCC(O)c1ccc(OC)cc1)N1CCN(CC(=O)N2CCCCC2)CC1.I. The molecule has 9 heteroatoms. The summed E-state index contributed by atoms with van der Waals surface area (Å²) in [5, 5.41) is 13.9. The third-order valence-electron chi connectivity index (χ3n) is 5.99. The monoisotopic (exact) mass is 559 g/mol. The molecule has 0 saturated carbocycles. The lowest BCUT2D eigenvalue weighted by atomic mass is 10.1. The van der Waals surface area contributed by atoms with Crippen LogP contribution in [0.1, 0.15) is 37.9 Å². The summed E-state index contributed by atoms with van der Waals surface area (Å²) in [6, 6.07) is 7.42. The molecule has 2 aliphatic rings. The lowest BCUT2D eigenvalue weighted by molar-refractivity contribution is -0.133. The predicted octanol–water partition coefficient (Wildman–Crippen LogP) is 1.94. The Morgan fingerprint density at radius 3 is 2.31 bits per heavy atom. The molecule has 2 N–H and O–H groups in total. The van der Waals surface area contributed by atoms with E-state index < -0.39 is 6.10 Å². The van der Waals surface area contributed by atoms with Gasteiger partial charge in [-0.1, -0.05) is 12.1 Å². The number of rotatable bonds is 7. The molecule has 8 nitrogen and oxygen atoms in total. The lowest BCUT2D eigenvalue weighted by Crippen LogP contribution is -2.54. The Bertz CT molecular complexity index is 717. The van der Waals surface area contributed by atoms with Crippen LogP contribution in [0.3, 0.4) is 0 Å². The Morgan fingerprint density at radius 1 is 1.06 bits per heavy atom. The number of ether oxygens (including phenoxy) is 1. The lowest BCUT2D eigenvalue weighted by Gasteiger charge is -2.37. The maximum Gasteiger partial charge on any atom is 0.236 e. The highest BCUT2D eigenvalue weighted by Gasteiger charge is 2.24. The van der Waals surface area contributed by atoms with E-state index in [1.54, 1.807) is 7.11 Å². The quantitative estimate of drug-likeness (QED) is 0.302. The van der Waals surface area contributed by atoms with E-state index in [0.717, 1.165) is 75.9 Å². The Balaban J connectivity index is 0.00000363. The molecule has 2 heterocycles. The molecule has 1 unspecified atom stereocenters. The molecule has 1 amide bonds. The van der Waals surface area contributed by atoms with Gasteiger partial charge in [-0.15, -0.1) is 24.0 Å². The summed E-state index contributed by atoms with van der Waals surface area (Å²) in [6.07, 6.45) is 2.83. The smallest absolute Gasteiger partial charge is 0.236 e. The molecular formula is C23H38IN5O3. The minimum Gasteiger partial charge on any atom is -0.497 e. The molecule has 1 aromatic carbocycles. The van der Waals surface area contributed by atoms with Crippen molar-refractivity contribution in [3.63, 3.8) is 0 Å². The zero-order valence-electron chi connectivity index (χ0n) is 19.3. The highest BCUT2D eigenvalue weighted by Crippen LogP contribution is 2.18. The van der Waals surface area contributed by atoms with Gasteiger partial charge < -0.3 is 25.0 Å². The summed E-state index contributed by atoms with van der Waals surface area (Å²) in [4.78, 5) is 23.7. The zero-order chi connectivity index (χ0) is 22.1. The molecule has 1 atom stereocenters. The fraction of sp³-hybridized carbons (Fsp3) is 0.652. The summed E-state index contributed by atoms with van der Waals surface area (Å²) >= 11 is 0. The average Bonchev–Trinajstić information content (AvgIpc) is 2.82. The number of halogens is 1. The van der Waals surface area contributed by atoms with Crippen LogP contribution in [0, 0.1) is 0 Å². The fourth-order valence-electron chi connectivity index (χ4n) is 4.08. The Kier molecular flexibility index (Phi) is 11.5. The second kappa shape index (κ2) is 13.8. The molecule has 2 saturated heterocycles. The van der Waals surface area contributed by atoms with Gasteiger partial charge >= 0.3 is 0 Å². The number of piperazine rings is 1. The van der Waals surface area contributed by atoms with E-state index in [1.165, 1.54) is 6.42 Å². The second-order valence-electron chi connectivity index (χ2n) is 8.19. The number of amides is 1. The van der Waals surface area contributed by atoms with Gasteiger partial charge in [-0.2, -0.15) is 0 Å². The van der Waals surface area contributed by atoms with E-state index in [-0.39, 0.29) is 29.9 Å². The standard InChI is InChI=1S/C23H37N5O3.HI/c1-3-24-23(25-17-21(29)19-7-9-20(31-2)10-8-19)28-15-13-26(14-16-28)18-22(30)27-11-5-4-6-12-27;/h7-10,21,29H,3-6,11-18H2,1-2H3,(H,24,25);1H. The molecule has 0 bridgehead atoms. The molecule has 0 radical (unpaired) electrons. The fourth-order valence-corrected chi connectivity index (χ4v) is 4.08. The number of hydrogen-bond donors (Lipinski definition) is 2. The topological polar surface area (TPSA) is 80.6 Å². The van der Waals surface area contributed by atoms with Crippen molar-refractivity contribution in [3.8, 4) is 5.75 Å². The van der Waals surface area contributed by atoms with Crippen LogP contribution in [-0.4, -0.2) is 97.7 Å². The molecule has 2 aliphatic heterocycles. The van der Waals surface area contributed by atoms with Gasteiger partial charge in [0.15, 0.2) is 5.96 Å². The average molecular weight is 559 g/mol. The van der Waals surface area contributed by atoms with Crippen LogP contribution in [0.4, 0.5) is 0 Å². The number of guanidine groups is 1. The molecule has 1 aromatic rings. The van der Waals surface area contributed by atoms with Crippen LogP contribution >= 0.6 is 24.0 Å². The number of likely N-dealkylation sites (tertiary alicyclic amines) is 1. The van der Waals surface area contributed by atoms with Gasteiger partial charge in [0.05, 0.1) is 26.3 Å². The van der Waals surface area contributed by atoms with E-state index in [9.17, 15) is 9.90 Å². The summed E-state index contributed by atoms with van der Waals surface area (Å²) in [6.45, 7) is 8.75. The van der Waals surface area contributed by atoms with Crippen LogP contribution in [0.5, 0.6) is 5.75 Å². The predicted molar refractivity (Wildman–Crippen MR) is 138 cm³/mol. The van der Waals surface area contributed by atoms with E-state index >= 15 is 0 Å². The Morgan fingerprint density at radius 2 is 1.72 bits per heavy atom. The zero-order valence-corrected chi connectivity index (χ0v) is 21.7. The van der Waals surface area contributed by atoms with Gasteiger partial charge in [-0.3, -0.25) is 14.7 Å². The third kappa shape index (κ3) is 7.77. The molecule has 0 spiro atoms. The summed E-state index contributed by atoms with van der Waals surface area (Å²) in [5.74, 6) is 1.85. The van der Waals surface area contributed by atoms with Gasteiger partial charge in [-0.25, -0.2) is 0 Å². The number of benzene rings is 1. The summed E-state index contributed by atoms with van der Waals surface area (Å²) in [7, 11) is 1.63. The van der Waals surface area contributed by atoms with Gasteiger partial charge in [0.1, 0.15) is 5.75 Å². The number of hydrogen-bond acceptors (Lipinski definition) is 5. The molecule has 2 fully saturated rings. The van der Waals surface area contributed by atoms with Crippen LogP contribution in [-0.2, 0) is 4.79 Å². The van der Waals surface area contributed by atoms with Crippen molar-refractivity contribution in [2.45, 2.75) is 32.3 Å². The van der Waals surface area contributed by atoms with Crippen molar-refractivity contribution >= 4 is 35.8 Å². The van der Waals surface area contributed by atoms with Gasteiger partial charge in [0.25, 0.3) is 0 Å². The number of carbonyl (C=O) groups excluding carboxylic acids is 1. The first-order chi connectivity index (χ1) is 15.1. The molecule has 3 rings (SSSR count). The molecule has 180 valence electrons. The molecule has 0 aliphatic carbocycles. The van der Waals surface area contributed by atoms with Gasteiger partial charge in [0.2, 0.25) is 5.91 Å². The first kappa shape index (κ1) is 26.7. The van der Waals surface area contributed by atoms with Gasteiger partial charge in [-0.05, 0) is 43.9 Å². The van der Waals surface area contributed by atoms with Crippen molar-refractivity contribution < 1.29 is 14.6 Å². The molecule has 32 heavy (non-hydrogen) atoms. The van der Waals surface area contributed by atoms with E-state index in [2.05, 4.69) is 20.1 Å². The van der Waals surface area contributed by atoms with Crippen LogP contribution in [0.25, 0.3) is 0 Å². The van der Waals surface area contributed by atoms with Crippen molar-refractivity contribution in [2.24, 2.45) is 4.99 Å². The number of aliphatic hydroxyl groups is 1. The Hall–Kier alpha value is -1.59. The molecular weight excluding hydrogens is 521 g/mol. The summed E-state index contributed by atoms with van der Waals surface area (Å²) < 4.78 is 5.17. The van der Waals surface area contributed by atoms with Crippen molar-refractivity contribution in [1.29, 1.82) is 0 Å². The second-order valence-corrected chi connectivity index (χ2v) is 8.19. The highest BCUT2D eigenvalue weighted by atomic mass is 127. The number of piperidine rings is 1. The largest absolute Gasteiger partial charge is 0.497 e.